The van der Waals surface area contributed by atoms with Crippen LogP contribution < -0.4 is 5.73 Å². The topological polar surface area (TPSA) is 29.3 Å². The molecule has 1 heterocycles. The van der Waals surface area contributed by atoms with Gasteiger partial charge in [0.1, 0.15) is 0 Å². The first-order valence-corrected chi connectivity index (χ1v) is 8.13. The van der Waals surface area contributed by atoms with Gasteiger partial charge in [0.15, 0.2) is 0 Å². The van der Waals surface area contributed by atoms with Crippen molar-refractivity contribution >= 4 is 11.8 Å². The maximum absolute atomic E-state index is 6.28. The lowest BCUT2D eigenvalue weighted by Gasteiger charge is -2.41. The number of hydrogen-bond donors (Lipinski definition) is 1. The van der Waals surface area contributed by atoms with E-state index >= 15 is 0 Å². The highest BCUT2D eigenvalue weighted by Crippen LogP contribution is 2.32. The van der Waals surface area contributed by atoms with Crippen molar-refractivity contribution in [3.63, 3.8) is 0 Å². The van der Waals surface area contributed by atoms with Gasteiger partial charge >= 0.3 is 0 Å². The Hall–Kier alpha value is -0.510. The minimum atomic E-state index is 0.158. The van der Waals surface area contributed by atoms with Crippen LogP contribution in [0.15, 0.2) is 24.3 Å². The molecule has 1 aromatic carbocycles. The number of nitrogens with two attached hydrogens (primary N) is 1. The normalized spacial score (nSPS) is 28.1. The highest BCUT2D eigenvalue weighted by atomic mass is 32.2. The number of aryl methyl sites for hydroxylation is 1. The summed E-state index contributed by atoms with van der Waals surface area (Å²) in [6, 6.07) is 9.35. The van der Waals surface area contributed by atoms with Gasteiger partial charge in [0.2, 0.25) is 0 Å². The predicted octanol–water partition coefficient (Wildman–Crippen LogP) is 3.21. The molecular formula is C16H26N2S. The first kappa shape index (κ1) is 14.9. The average molecular weight is 278 g/mol. The Kier molecular flexibility index (Phi) is 4.93. The fourth-order valence-corrected chi connectivity index (χ4v) is 4.40. The van der Waals surface area contributed by atoms with Crippen LogP contribution in [0.4, 0.5) is 0 Å². The zero-order chi connectivity index (χ0) is 14.0. The number of thioether (sulfide) groups is 1. The van der Waals surface area contributed by atoms with Gasteiger partial charge in [-0.15, -0.1) is 0 Å². The number of rotatable bonds is 3. The minimum absolute atomic E-state index is 0.158. The monoisotopic (exact) mass is 278 g/mol. The molecule has 1 saturated heterocycles. The average Bonchev–Trinajstić information content (AvgIpc) is 2.30. The molecule has 4 atom stereocenters. The minimum Gasteiger partial charge on any atom is -0.326 e. The molecule has 0 aromatic heterocycles. The van der Waals surface area contributed by atoms with E-state index in [1.165, 1.54) is 11.1 Å². The molecule has 1 aromatic rings. The lowest BCUT2D eigenvalue weighted by molar-refractivity contribution is 0.174. The van der Waals surface area contributed by atoms with Gasteiger partial charge in [0.05, 0.1) is 0 Å². The molecule has 2 nitrogen and oxygen atoms in total. The van der Waals surface area contributed by atoms with E-state index in [0.29, 0.717) is 16.5 Å². The summed E-state index contributed by atoms with van der Waals surface area (Å²) < 4.78 is 0. The molecule has 0 spiro atoms. The SMILES string of the molecule is Cc1ccc(C(C(C)N)N2CC(C)SC(C)C2)cc1. The fraction of sp³-hybridized carbons (Fsp3) is 0.625. The Labute approximate surface area is 121 Å². The third-order valence-electron chi connectivity index (χ3n) is 3.76. The maximum Gasteiger partial charge on any atom is 0.0497 e. The second-order valence-electron chi connectivity index (χ2n) is 5.93. The molecule has 1 aliphatic rings. The molecule has 106 valence electrons. The lowest BCUT2D eigenvalue weighted by Crippen LogP contribution is -2.47. The van der Waals surface area contributed by atoms with Crippen LogP contribution in [0.25, 0.3) is 0 Å². The first-order valence-electron chi connectivity index (χ1n) is 7.19. The number of nitrogens with zero attached hydrogens (tertiary/aromatic N) is 1. The summed E-state index contributed by atoms with van der Waals surface area (Å²) in [4.78, 5) is 2.57. The molecule has 2 rings (SSSR count). The second-order valence-corrected chi connectivity index (χ2v) is 7.81. The van der Waals surface area contributed by atoms with Crippen LogP contribution in [0.1, 0.15) is 37.9 Å². The smallest absolute Gasteiger partial charge is 0.0497 e. The van der Waals surface area contributed by atoms with E-state index in [1.807, 2.05) is 0 Å². The van der Waals surface area contributed by atoms with E-state index in [9.17, 15) is 0 Å². The van der Waals surface area contributed by atoms with Crippen molar-refractivity contribution in [2.24, 2.45) is 5.73 Å². The molecule has 3 heteroatoms. The summed E-state index contributed by atoms with van der Waals surface area (Å²) in [5.41, 5.74) is 8.94. The summed E-state index contributed by atoms with van der Waals surface area (Å²) in [6.45, 7) is 11.2. The van der Waals surface area contributed by atoms with Crippen molar-refractivity contribution < 1.29 is 0 Å². The molecular weight excluding hydrogens is 252 g/mol. The third-order valence-corrected chi connectivity index (χ3v) is 4.99. The van der Waals surface area contributed by atoms with Crippen LogP contribution in [-0.4, -0.2) is 34.5 Å². The summed E-state index contributed by atoms with van der Waals surface area (Å²) in [7, 11) is 0. The van der Waals surface area contributed by atoms with Gasteiger partial charge in [-0.1, -0.05) is 43.7 Å². The van der Waals surface area contributed by atoms with E-state index in [4.69, 9.17) is 5.73 Å². The van der Waals surface area contributed by atoms with E-state index in [2.05, 4.69) is 68.6 Å². The number of hydrogen-bond acceptors (Lipinski definition) is 3. The fourth-order valence-electron chi connectivity index (χ4n) is 3.06. The largest absolute Gasteiger partial charge is 0.326 e. The lowest BCUT2D eigenvalue weighted by atomic mass is 9.97. The highest BCUT2D eigenvalue weighted by molar-refractivity contribution is 8.00. The van der Waals surface area contributed by atoms with E-state index in [1.54, 1.807) is 0 Å². The van der Waals surface area contributed by atoms with Crippen LogP contribution >= 0.6 is 11.8 Å². The summed E-state index contributed by atoms with van der Waals surface area (Å²) in [6.07, 6.45) is 0. The quantitative estimate of drug-likeness (QED) is 0.920. The van der Waals surface area contributed by atoms with Crippen LogP contribution in [0, 0.1) is 6.92 Å². The highest BCUT2D eigenvalue weighted by Gasteiger charge is 2.30. The predicted molar refractivity (Wildman–Crippen MR) is 85.7 cm³/mol. The Balaban J connectivity index is 2.22. The summed E-state index contributed by atoms with van der Waals surface area (Å²) in [5.74, 6) is 0. The van der Waals surface area contributed by atoms with E-state index in [0.717, 1.165) is 13.1 Å². The maximum atomic E-state index is 6.28. The van der Waals surface area contributed by atoms with Gasteiger partial charge in [-0.25, -0.2) is 0 Å². The van der Waals surface area contributed by atoms with Crippen LogP contribution in [-0.2, 0) is 0 Å². The van der Waals surface area contributed by atoms with Crippen molar-refractivity contribution in [3.8, 4) is 0 Å². The van der Waals surface area contributed by atoms with Gasteiger partial charge in [-0.2, -0.15) is 11.8 Å². The molecule has 0 saturated carbocycles. The Morgan fingerprint density at radius 2 is 1.68 bits per heavy atom. The molecule has 19 heavy (non-hydrogen) atoms. The van der Waals surface area contributed by atoms with E-state index in [-0.39, 0.29) is 6.04 Å². The molecule has 4 unspecified atom stereocenters. The standard InChI is InChI=1S/C16H26N2S/c1-11-5-7-15(8-6-11)16(14(4)17)18-9-12(2)19-13(3)10-18/h5-8,12-14,16H,9-10,17H2,1-4H3. The molecule has 0 bridgehead atoms. The second kappa shape index (κ2) is 6.29. The Morgan fingerprint density at radius 1 is 1.16 bits per heavy atom. The molecule has 0 amide bonds. The van der Waals surface area contributed by atoms with Crippen LogP contribution in [0.3, 0.4) is 0 Å². The first-order chi connectivity index (χ1) is 8.97. The van der Waals surface area contributed by atoms with Crippen molar-refractivity contribution in [1.82, 2.24) is 4.90 Å². The van der Waals surface area contributed by atoms with Crippen molar-refractivity contribution in [1.29, 1.82) is 0 Å². The zero-order valence-electron chi connectivity index (χ0n) is 12.5. The van der Waals surface area contributed by atoms with Crippen molar-refractivity contribution in [3.05, 3.63) is 35.4 Å². The van der Waals surface area contributed by atoms with E-state index < -0.39 is 0 Å². The summed E-state index contributed by atoms with van der Waals surface area (Å²) in [5, 5.41) is 1.38. The van der Waals surface area contributed by atoms with Gasteiger partial charge in [0, 0.05) is 35.7 Å². The number of benzene rings is 1. The molecule has 0 aliphatic carbocycles. The Morgan fingerprint density at radius 3 is 2.16 bits per heavy atom. The van der Waals surface area contributed by atoms with Crippen molar-refractivity contribution in [2.75, 3.05) is 13.1 Å². The molecule has 0 radical (unpaired) electrons. The van der Waals surface area contributed by atoms with Gasteiger partial charge < -0.3 is 5.73 Å². The summed E-state index contributed by atoms with van der Waals surface area (Å²) >= 11 is 2.09. The van der Waals surface area contributed by atoms with Crippen molar-refractivity contribution in [2.45, 2.75) is 50.3 Å². The van der Waals surface area contributed by atoms with Gasteiger partial charge in [-0.05, 0) is 19.4 Å². The van der Waals surface area contributed by atoms with Crippen LogP contribution in [0.2, 0.25) is 0 Å². The third kappa shape index (κ3) is 3.74. The Bertz CT molecular complexity index is 392. The van der Waals surface area contributed by atoms with Crippen LogP contribution in [0.5, 0.6) is 0 Å². The van der Waals surface area contributed by atoms with Gasteiger partial charge in [0.25, 0.3) is 0 Å². The van der Waals surface area contributed by atoms with Gasteiger partial charge in [-0.3, -0.25) is 4.90 Å². The molecule has 1 aliphatic heterocycles. The zero-order valence-corrected chi connectivity index (χ0v) is 13.3. The molecule has 2 N–H and O–H groups in total. The molecule has 1 fully saturated rings.